The molecular weight excluding hydrogens is 245 g/mol. The summed E-state index contributed by atoms with van der Waals surface area (Å²) in [5.74, 6) is -1.75. The van der Waals surface area contributed by atoms with Gasteiger partial charge < -0.3 is 10.4 Å². The van der Waals surface area contributed by atoms with Crippen molar-refractivity contribution >= 4 is 29.3 Å². The molecule has 2 rings (SSSR count). The topological polar surface area (TPSA) is 66.4 Å². The van der Waals surface area contributed by atoms with Crippen molar-refractivity contribution < 1.29 is 19.1 Å². The molecule has 1 aromatic carbocycles. The zero-order chi connectivity index (χ0) is 12.4. The fraction of sp³-hybridized carbons (Fsp3) is 0.273. The quantitative estimate of drug-likeness (QED) is 0.868. The number of nitrogens with one attached hydrogen (secondary N) is 1. The summed E-state index contributed by atoms with van der Waals surface area (Å²) in [5.41, 5.74) is 0.189. The number of para-hydroxylation sites is 1. The number of carbonyl (C=O) groups is 2. The number of thioether (sulfide) groups is 1. The van der Waals surface area contributed by atoms with Gasteiger partial charge in [0.1, 0.15) is 5.82 Å². The Morgan fingerprint density at radius 1 is 1.53 bits per heavy atom. The molecule has 2 N–H and O–H groups in total. The maximum atomic E-state index is 13.4. The molecule has 0 radical (unpaired) electrons. The molecule has 1 atom stereocenters. The number of rotatable bonds is 3. The summed E-state index contributed by atoms with van der Waals surface area (Å²) >= 11 is 1.21. The number of benzene rings is 1. The van der Waals surface area contributed by atoms with Gasteiger partial charge in [-0.2, -0.15) is 0 Å². The molecule has 0 saturated carbocycles. The van der Waals surface area contributed by atoms with Gasteiger partial charge in [0.15, 0.2) is 0 Å². The Balaban J connectivity index is 2.16. The molecule has 1 heterocycles. The molecule has 17 heavy (non-hydrogen) atoms. The second-order valence-corrected chi connectivity index (χ2v) is 4.89. The summed E-state index contributed by atoms with van der Waals surface area (Å²) in [4.78, 5) is 22.7. The number of carbonyl (C=O) groups excluding carboxylic acids is 1. The molecule has 1 amide bonds. The highest BCUT2D eigenvalue weighted by Gasteiger charge is 2.28. The fourth-order valence-electron chi connectivity index (χ4n) is 1.58. The predicted octanol–water partition coefficient (Wildman–Crippen LogP) is 2.10. The van der Waals surface area contributed by atoms with Crippen LogP contribution in [0.4, 0.5) is 10.1 Å². The Hall–Kier alpha value is -1.56. The average molecular weight is 255 g/mol. The molecule has 0 saturated heterocycles. The third-order valence-electron chi connectivity index (χ3n) is 2.41. The van der Waals surface area contributed by atoms with E-state index in [-0.39, 0.29) is 24.4 Å². The first-order valence-corrected chi connectivity index (χ1v) is 5.93. The smallest absolute Gasteiger partial charge is 0.303 e. The molecule has 0 fully saturated rings. The average Bonchev–Trinajstić information content (AvgIpc) is 2.28. The van der Waals surface area contributed by atoms with Crippen LogP contribution < -0.4 is 5.32 Å². The highest BCUT2D eigenvalue weighted by Crippen LogP contribution is 2.38. The van der Waals surface area contributed by atoms with Gasteiger partial charge in [0, 0.05) is 11.3 Å². The van der Waals surface area contributed by atoms with Crippen molar-refractivity contribution in [1.82, 2.24) is 0 Å². The molecule has 4 nitrogen and oxygen atoms in total. The minimum absolute atomic E-state index is 0.0737. The number of fused-ring (bicyclic) bond motifs is 1. The van der Waals surface area contributed by atoms with Crippen molar-refractivity contribution in [2.24, 2.45) is 0 Å². The van der Waals surface area contributed by atoms with E-state index in [4.69, 9.17) is 5.11 Å². The molecule has 1 aliphatic heterocycles. The lowest BCUT2D eigenvalue weighted by molar-refractivity contribution is -0.137. The highest BCUT2D eigenvalue weighted by atomic mass is 32.2. The number of hydrogen-bond acceptors (Lipinski definition) is 3. The Kier molecular flexibility index (Phi) is 3.33. The van der Waals surface area contributed by atoms with E-state index in [2.05, 4.69) is 5.32 Å². The van der Waals surface area contributed by atoms with Gasteiger partial charge in [-0.15, -0.1) is 11.8 Å². The van der Waals surface area contributed by atoms with Gasteiger partial charge in [-0.3, -0.25) is 9.59 Å². The molecular formula is C11H10FNO3S. The number of aliphatic carboxylic acids is 1. The van der Waals surface area contributed by atoms with Gasteiger partial charge in [-0.1, -0.05) is 6.07 Å². The lowest BCUT2D eigenvalue weighted by Crippen LogP contribution is -2.30. The Labute approximate surface area is 101 Å². The van der Waals surface area contributed by atoms with E-state index in [1.165, 1.54) is 17.8 Å². The van der Waals surface area contributed by atoms with Crippen LogP contribution in [0.15, 0.2) is 23.1 Å². The standard InChI is InChI=1S/C11H10FNO3S/c12-6-2-1-3-7-10(6)13-11(16)8(17-7)4-5-9(14)15/h1-3,8H,4-5H2,(H,13,16)(H,14,15). The number of halogens is 1. The third-order valence-corrected chi connectivity index (χ3v) is 3.73. The van der Waals surface area contributed by atoms with E-state index in [1.54, 1.807) is 12.1 Å². The lowest BCUT2D eigenvalue weighted by atomic mass is 10.2. The molecule has 0 aromatic heterocycles. The number of anilines is 1. The van der Waals surface area contributed by atoms with Gasteiger partial charge in [0.25, 0.3) is 0 Å². The van der Waals surface area contributed by atoms with Gasteiger partial charge in [-0.25, -0.2) is 4.39 Å². The van der Waals surface area contributed by atoms with Gasteiger partial charge in [0.2, 0.25) is 5.91 Å². The molecule has 0 spiro atoms. The maximum Gasteiger partial charge on any atom is 0.303 e. The van der Waals surface area contributed by atoms with E-state index in [9.17, 15) is 14.0 Å². The molecule has 0 aliphatic carbocycles. The molecule has 1 aromatic rings. The van der Waals surface area contributed by atoms with Crippen LogP contribution in [0.1, 0.15) is 12.8 Å². The number of carboxylic acids is 1. The Morgan fingerprint density at radius 2 is 2.29 bits per heavy atom. The van der Waals surface area contributed by atoms with E-state index in [0.29, 0.717) is 4.90 Å². The number of carboxylic acid groups (broad SMARTS) is 1. The summed E-state index contributed by atoms with van der Waals surface area (Å²) in [5, 5.41) is 10.6. The van der Waals surface area contributed by atoms with E-state index in [0.717, 1.165) is 0 Å². The highest BCUT2D eigenvalue weighted by molar-refractivity contribution is 8.01. The van der Waals surface area contributed by atoms with Crippen LogP contribution in [0.3, 0.4) is 0 Å². The fourth-order valence-corrected chi connectivity index (χ4v) is 2.71. The van der Waals surface area contributed by atoms with Crippen molar-refractivity contribution in [1.29, 1.82) is 0 Å². The predicted molar refractivity (Wildman–Crippen MR) is 61.5 cm³/mol. The van der Waals surface area contributed by atoms with Gasteiger partial charge >= 0.3 is 5.97 Å². The van der Waals surface area contributed by atoms with Crippen molar-refractivity contribution in [2.45, 2.75) is 23.0 Å². The summed E-state index contributed by atoms with van der Waals surface area (Å²) in [7, 11) is 0. The lowest BCUT2D eigenvalue weighted by Gasteiger charge is -2.23. The first kappa shape index (κ1) is 11.9. The van der Waals surface area contributed by atoms with E-state index >= 15 is 0 Å². The monoisotopic (exact) mass is 255 g/mol. The van der Waals surface area contributed by atoms with Crippen LogP contribution in [0.2, 0.25) is 0 Å². The van der Waals surface area contributed by atoms with Crippen LogP contribution in [-0.4, -0.2) is 22.2 Å². The van der Waals surface area contributed by atoms with E-state index in [1.807, 2.05) is 0 Å². The van der Waals surface area contributed by atoms with Crippen molar-refractivity contribution in [2.75, 3.05) is 5.32 Å². The van der Waals surface area contributed by atoms with Crippen LogP contribution in [0.5, 0.6) is 0 Å². The molecule has 1 aliphatic rings. The number of hydrogen-bond donors (Lipinski definition) is 2. The number of amides is 1. The second-order valence-electron chi connectivity index (χ2n) is 3.64. The van der Waals surface area contributed by atoms with Gasteiger partial charge in [0.05, 0.1) is 10.9 Å². The largest absolute Gasteiger partial charge is 0.481 e. The first-order valence-electron chi connectivity index (χ1n) is 5.06. The second kappa shape index (κ2) is 4.75. The molecule has 6 heteroatoms. The zero-order valence-electron chi connectivity index (χ0n) is 8.77. The molecule has 1 unspecified atom stereocenters. The van der Waals surface area contributed by atoms with Crippen LogP contribution in [0, 0.1) is 5.82 Å². The maximum absolute atomic E-state index is 13.4. The van der Waals surface area contributed by atoms with Crippen LogP contribution in [0.25, 0.3) is 0 Å². The van der Waals surface area contributed by atoms with Crippen LogP contribution >= 0.6 is 11.8 Å². The first-order chi connectivity index (χ1) is 8.08. The van der Waals surface area contributed by atoms with Crippen molar-refractivity contribution in [3.8, 4) is 0 Å². The summed E-state index contributed by atoms with van der Waals surface area (Å²) in [6.07, 6.45) is 0.164. The summed E-state index contributed by atoms with van der Waals surface area (Å²) in [6.45, 7) is 0. The molecule has 90 valence electrons. The minimum Gasteiger partial charge on any atom is -0.481 e. The van der Waals surface area contributed by atoms with E-state index < -0.39 is 17.0 Å². The normalized spacial score (nSPS) is 18.4. The Morgan fingerprint density at radius 3 is 3.00 bits per heavy atom. The summed E-state index contributed by atoms with van der Waals surface area (Å²) in [6, 6.07) is 4.54. The van der Waals surface area contributed by atoms with Crippen LogP contribution in [-0.2, 0) is 9.59 Å². The molecule has 0 bridgehead atoms. The zero-order valence-corrected chi connectivity index (χ0v) is 9.59. The summed E-state index contributed by atoms with van der Waals surface area (Å²) < 4.78 is 13.4. The minimum atomic E-state index is -0.941. The Bertz CT molecular complexity index is 478. The third kappa shape index (κ3) is 2.58. The van der Waals surface area contributed by atoms with Crippen molar-refractivity contribution in [3.05, 3.63) is 24.0 Å². The van der Waals surface area contributed by atoms with Gasteiger partial charge in [-0.05, 0) is 18.6 Å². The SMILES string of the molecule is O=C(O)CCC1Sc2cccc(F)c2NC1=O. The van der Waals surface area contributed by atoms with Crippen molar-refractivity contribution in [3.63, 3.8) is 0 Å².